The maximum atomic E-state index is 12.9. The standard InChI is InChI=1S/C9H9ClF2S/c1-5(2)13-6-3-7(11)9(10)8(12)4-6/h3-5H,1-2H3. The highest BCUT2D eigenvalue weighted by Crippen LogP contribution is 2.28. The van der Waals surface area contributed by atoms with E-state index >= 15 is 0 Å². The van der Waals surface area contributed by atoms with Crippen molar-refractivity contribution in [2.45, 2.75) is 24.0 Å². The predicted octanol–water partition coefficient (Wildman–Crippen LogP) is 4.12. The maximum Gasteiger partial charge on any atom is 0.145 e. The fraction of sp³-hybridized carbons (Fsp3) is 0.333. The Kier molecular flexibility index (Phi) is 3.56. The molecule has 0 aromatic heterocycles. The second-order valence-corrected chi connectivity index (χ2v) is 4.90. The highest BCUT2D eigenvalue weighted by Gasteiger charge is 2.09. The molecule has 0 amide bonds. The first-order valence-corrected chi connectivity index (χ1v) is 5.07. The molecule has 0 aliphatic rings. The Bertz CT molecular complexity index is 289. The van der Waals surface area contributed by atoms with Crippen molar-refractivity contribution in [3.8, 4) is 0 Å². The van der Waals surface area contributed by atoms with Gasteiger partial charge in [0.05, 0.1) is 0 Å². The third-order valence-corrected chi connectivity index (χ3v) is 2.67. The highest BCUT2D eigenvalue weighted by molar-refractivity contribution is 7.99. The molecule has 0 bridgehead atoms. The molecule has 0 saturated heterocycles. The Morgan fingerprint density at radius 1 is 1.23 bits per heavy atom. The van der Waals surface area contributed by atoms with Crippen LogP contribution in [-0.4, -0.2) is 5.25 Å². The fourth-order valence-electron chi connectivity index (χ4n) is 0.872. The van der Waals surface area contributed by atoms with Gasteiger partial charge in [0.25, 0.3) is 0 Å². The van der Waals surface area contributed by atoms with Gasteiger partial charge in [-0.2, -0.15) is 0 Å². The predicted molar refractivity (Wildman–Crippen MR) is 52.4 cm³/mol. The van der Waals surface area contributed by atoms with E-state index in [4.69, 9.17) is 11.6 Å². The molecule has 0 heterocycles. The molecule has 0 unspecified atom stereocenters. The lowest BCUT2D eigenvalue weighted by atomic mass is 10.3. The third kappa shape index (κ3) is 2.85. The summed E-state index contributed by atoms with van der Waals surface area (Å²) in [7, 11) is 0. The molecule has 0 atom stereocenters. The molecule has 0 fully saturated rings. The van der Waals surface area contributed by atoms with E-state index in [2.05, 4.69) is 0 Å². The average molecular weight is 223 g/mol. The number of halogens is 3. The van der Waals surface area contributed by atoms with Crippen LogP contribution >= 0.6 is 23.4 Å². The van der Waals surface area contributed by atoms with Crippen molar-refractivity contribution in [3.63, 3.8) is 0 Å². The monoisotopic (exact) mass is 222 g/mol. The zero-order valence-electron chi connectivity index (χ0n) is 7.27. The Hall–Kier alpha value is -0.280. The van der Waals surface area contributed by atoms with E-state index in [9.17, 15) is 8.78 Å². The minimum atomic E-state index is -0.704. The largest absolute Gasteiger partial charge is 0.205 e. The number of benzene rings is 1. The number of rotatable bonds is 2. The normalized spacial score (nSPS) is 10.9. The van der Waals surface area contributed by atoms with E-state index in [1.54, 1.807) is 0 Å². The maximum absolute atomic E-state index is 12.9. The van der Waals surface area contributed by atoms with Gasteiger partial charge < -0.3 is 0 Å². The Labute approximate surface area is 85.3 Å². The van der Waals surface area contributed by atoms with E-state index in [0.717, 1.165) is 0 Å². The highest BCUT2D eigenvalue weighted by atomic mass is 35.5. The van der Waals surface area contributed by atoms with Gasteiger partial charge >= 0.3 is 0 Å². The topological polar surface area (TPSA) is 0 Å². The van der Waals surface area contributed by atoms with Gasteiger partial charge in [0.15, 0.2) is 0 Å². The molecule has 1 rings (SSSR count). The molecule has 0 radical (unpaired) electrons. The molecule has 1 aromatic carbocycles. The second-order valence-electron chi connectivity index (χ2n) is 2.87. The Morgan fingerprint density at radius 3 is 2.08 bits per heavy atom. The van der Waals surface area contributed by atoms with Crippen LogP contribution in [0, 0.1) is 11.6 Å². The summed E-state index contributed by atoms with van der Waals surface area (Å²) in [6.45, 7) is 3.91. The Morgan fingerprint density at radius 2 is 1.69 bits per heavy atom. The van der Waals surface area contributed by atoms with Crippen molar-refractivity contribution in [2.24, 2.45) is 0 Å². The number of thioether (sulfide) groups is 1. The van der Waals surface area contributed by atoms with Crippen molar-refractivity contribution in [1.82, 2.24) is 0 Å². The van der Waals surface area contributed by atoms with Crippen molar-refractivity contribution >= 4 is 23.4 Å². The van der Waals surface area contributed by atoms with E-state index in [1.165, 1.54) is 23.9 Å². The van der Waals surface area contributed by atoms with E-state index in [-0.39, 0.29) is 0 Å². The minimum Gasteiger partial charge on any atom is -0.205 e. The lowest BCUT2D eigenvalue weighted by Crippen LogP contribution is -1.89. The van der Waals surface area contributed by atoms with Gasteiger partial charge in [-0.25, -0.2) is 8.78 Å². The molecule has 0 saturated carbocycles. The van der Waals surface area contributed by atoms with Gasteiger partial charge in [0, 0.05) is 10.1 Å². The van der Waals surface area contributed by atoms with Gasteiger partial charge in [-0.15, -0.1) is 11.8 Å². The van der Waals surface area contributed by atoms with Crippen LogP contribution in [0.3, 0.4) is 0 Å². The molecule has 4 heteroatoms. The quantitative estimate of drug-likeness (QED) is 0.536. The van der Waals surface area contributed by atoms with Gasteiger partial charge in [0.2, 0.25) is 0 Å². The Balaban J connectivity index is 2.99. The first-order valence-electron chi connectivity index (χ1n) is 3.82. The molecular weight excluding hydrogens is 214 g/mol. The van der Waals surface area contributed by atoms with Gasteiger partial charge in [0.1, 0.15) is 16.7 Å². The van der Waals surface area contributed by atoms with E-state index < -0.39 is 16.7 Å². The lowest BCUT2D eigenvalue weighted by molar-refractivity contribution is 0.578. The summed E-state index contributed by atoms with van der Waals surface area (Å²) in [5.41, 5.74) is 0. The van der Waals surface area contributed by atoms with Crippen LogP contribution in [0.1, 0.15) is 13.8 Å². The zero-order valence-corrected chi connectivity index (χ0v) is 8.85. The van der Waals surface area contributed by atoms with Crippen molar-refractivity contribution in [2.75, 3.05) is 0 Å². The minimum absolute atomic E-state index is 0.292. The third-order valence-electron chi connectivity index (χ3n) is 1.33. The number of hydrogen-bond donors (Lipinski definition) is 0. The van der Waals surface area contributed by atoms with Crippen LogP contribution in [0.15, 0.2) is 17.0 Å². The molecule has 0 nitrogen and oxygen atoms in total. The van der Waals surface area contributed by atoms with Crippen LogP contribution in [0.2, 0.25) is 5.02 Å². The summed E-state index contributed by atoms with van der Waals surface area (Å²) < 4.78 is 25.8. The molecule has 1 aromatic rings. The molecule has 0 N–H and O–H groups in total. The average Bonchev–Trinajstić information content (AvgIpc) is 1.98. The molecular formula is C9H9ClF2S. The van der Waals surface area contributed by atoms with Crippen LogP contribution < -0.4 is 0 Å². The summed E-state index contributed by atoms with van der Waals surface area (Å²) in [6.07, 6.45) is 0. The smallest absolute Gasteiger partial charge is 0.145 e. The summed E-state index contributed by atoms with van der Waals surface area (Å²) in [5, 5.41) is -0.145. The molecule has 13 heavy (non-hydrogen) atoms. The summed E-state index contributed by atoms with van der Waals surface area (Å²) in [6, 6.07) is 2.49. The summed E-state index contributed by atoms with van der Waals surface area (Å²) >= 11 is 6.72. The molecule has 0 aliphatic heterocycles. The van der Waals surface area contributed by atoms with E-state index in [0.29, 0.717) is 10.1 Å². The lowest BCUT2D eigenvalue weighted by Gasteiger charge is -2.05. The first kappa shape index (κ1) is 10.8. The van der Waals surface area contributed by atoms with Gasteiger partial charge in [-0.3, -0.25) is 0 Å². The van der Waals surface area contributed by atoms with Crippen molar-refractivity contribution < 1.29 is 8.78 Å². The zero-order chi connectivity index (χ0) is 10.0. The summed E-state index contributed by atoms with van der Waals surface area (Å²) in [4.78, 5) is 0.564. The van der Waals surface area contributed by atoms with Crippen LogP contribution in [0.4, 0.5) is 8.78 Å². The second kappa shape index (κ2) is 4.29. The van der Waals surface area contributed by atoms with Crippen molar-refractivity contribution in [3.05, 3.63) is 28.8 Å². The van der Waals surface area contributed by atoms with Crippen molar-refractivity contribution in [1.29, 1.82) is 0 Å². The summed E-state index contributed by atoms with van der Waals surface area (Å²) in [5.74, 6) is -1.41. The van der Waals surface area contributed by atoms with Crippen LogP contribution in [0.25, 0.3) is 0 Å². The number of hydrogen-bond acceptors (Lipinski definition) is 1. The first-order chi connectivity index (χ1) is 6.00. The fourth-order valence-corrected chi connectivity index (χ4v) is 1.87. The van der Waals surface area contributed by atoms with E-state index in [1.807, 2.05) is 13.8 Å². The SMILES string of the molecule is CC(C)Sc1cc(F)c(Cl)c(F)c1. The van der Waals surface area contributed by atoms with Crippen LogP contribution in [0.5, 0.6) is 0 Å². The molecule has 72 valence electrons. The van der Waals surface area contributed by atoms with Crippen LogP contribution in [-0.2, 0) is 0 Å². The molecule has 0 spiro atoms. The van der Waals surface area contributed by atoms with Gasteiger partial charge in [-0.1, -0.05) is 25.4 Å². The molecule has 0 aliphatic carbocycles. The van der Waals surface area contributed by atoms with Gasteiger partial charge in [-0.05, 0) is 12.1 Å².